The molecule has 1 aromatic heterocycles. The first-order valence-corrected chi connectivity index (χ1v) is 13.0. The van der Waals surface area contributed by atoms with Crippen molar-refractivity contribution in [3.8, 4) is 22.1 Å². The van der Waals surface area contributed by atoms with Crippen molar-refractivity contribution in [3.63, 3.8) is 0 Å². The maximum Gasteiger partial charge on any atom is 0.192 e. The van der Waals surface area contributed by atoms with E-state index in [1.807, 2.05) is 30.5 Å². The highest BCUT2D eigenvalue weighted by atomic mass is 32.1. The van der Waals surface area contributed by atoms with E-state index in [2.05, 4.69) is 40.4 Å². The molecule has 0 unspecified atom stereocenters. The van der Waals surface area contributed by atoms with Gasteiger partial charge in [-0.3, -0.25) is 0 Å². The Hall–Kier alpha value is -1.63. The van der Waals surface area contributed by atoms with Gasteiger partial charge in [-0.25, -0.2) is 4.98 Å². The van der Waals surface area contributed by atoms with Gasteiger partial charge >= 0.3 is 0 Å². The smallest absolute Gasteiger partial charge is 0.192 e. The molecule has 6 heteroatoms. The van der Waals surface area contributed by atoms with Crippen molar-refractivity contribution in [2.75, 3.05) is 20.3 Å². The fourth-order valence-corrected chi connectivity index (χ4v) is 4.03. The Morgan fingerprint density at radius 3 is 2.52 bits per heavy atom. The lowest BCUT2D eigenvalue weighted by Crippen LogP contribution is -2.41. The van der Waals surface area contributed by atoms with Gasteiger partial charge in [0.15, 0.2) is 19.8 Å². The maximum atomic E-state index is 6.27. The predicted molar refractivity (Wildman–Crippen MR) is 117 cm³/mol. The summed E-state index contributed by atoms with van der Waals surface area (Å²) in [7, 11) is -0.156. The predicted octanol–water partition coefficient (Wildman–Crippen LogP) is 6.25. The molecule has 0 aliphatic carbocycles. The van der Waals surface area contributed by atoms with Crippen LogP contribution < -0.4 is 9.47 Å². The molecule has 2 rings (SSSR count). The summed E-state index contributed by atoms with van der Waals surface area (Å²) in [5, 5.41) is 3.15. The maximum absolute atomic E-state index is 6.27. The summed E-state index contributed by atoms with van der Waals surface area (Å²) in [6, 6.07) is 5.88. The fraction of sp³-hybridized carbons (Fsp3) is 0.476. The van der Waals surface area contributed by atoms with Gasteiger partial charge in [0.05, 0.1) is 26.0 Å². The lowest BCUT2D eigenvalue weighted by molar-refractivity contribution is 0.311. The van der Waals surface area contributed by atoms with Crippen LogP contribution in [0.15, 0.2) is 30.2 Å². The third-order valence-electron chi connectivity index (χ3n) is 4.99. The average molecular weight is 406 g/mol. The lowest BCUT2D eigenvalue weighted by Gasteiger charge is -2.36. The molecular formula is C21H31NO3SSi. The van der Waals surface area contributed by atoms with E-state index in [-0.39, 0.29) is 5.04 Å². The quantitative estimate of drug-likeness (QED) is 0.487. The van der Waals surface area contributed by atoms with Crippen LogP contribution in [0.5, 0.6) is 11.5 Å². The second-order valence-electron chi connectivity index (χ2n) is 7.99. The number of hydrogen-bond acceptors (Lipinski definition) is 5. The molecule has 0 N–H and O–H groups in total. The van der Waals surface area contributed by atoms with Gasteiger partial charge < -0.3 is 13.9 Å². The molecule has 1 aromatic carbocycles. The minimum absolute atomic E-state index is 0.180. The van der Waals surface area contributed by atoms with Crippen molar-refractivity contribution in [3.05, 3.63) is 35.9 Å². The molecule has 2 aromatic rings. The Kier molecular flexibility index (Phi) is 6.89. The van der Waals surface area contributed by atoms with Gasteiger partial charge in [0.2, 0.25) is 0 Å². The van der Waals surface area contributed by atoms with Gasteiger partial charge in [0.25, 0.3) is 0 Å². The molecule has 0 saturated heterocycles. The van der Waals surface area contributed by atoms with Gasteiger partial charge in [-0.15, -0.1) is 11.3 Å². The number of benzene rings is 1. The molecule has 0 aliphatic rings. The van der Waals surface area contributed by atoms with Crippen molar-refractivity contribution >= 4 is 25.2 Å². The van der Waals surface area contributed by atoms with E-state index < -0.39 is 8.32 Å². The average Bonchev–Trinajstić information content (AvgIpc) is 3.09. The van der Waals surface area contributed by atoms with Crippen LogP contribution in [-0.2, 0) is 4.43 Å². The van der Waals surface area contributed by atoms with Gasteiger partial charge in [0.1, 0.15) is 5.01 Å². The first kappa shape index (κ1) is 21.7. The van der Waals surface area contributed by atoms with Crippen LogP contribution in [0.2, 0.25) is 18.1 Å². The molecule has 0 spiro atoms. The SMILES string of the molecule is C=C(CO[Si](C)(C)C(C)(C)C)c1csc(-c2ccc(OC)c(OCC)c2)n1. The summed E-state index contributed by atoms with van der Waals surface area (Å²) in [4.78, 5) is 4.76. The van der Waals surface area contributed by atoms with Crippen molar-refractivity contribution in [1.82, 2.24) is 4.98 Å². The van der Waals surface area contributed by atoms with Crippen LogP contribution in [0.3, 0.4) is 0 Å². The second kappa shape index (κ2) is 8.58. The second-order valence-corrected chi connectivity index (χ2v) is 13.7. The first-order chi connectivity index (χ1) is 12.6. The van der Waals surface area contributed by atoms with Crippen LogP contribution in [0, 0.1) is 0 Å². The molecule has 0 aliphatic heterocycles. The molecular weight excluding hydrogens is 374 g/mol. The monoisotopic (exact) mass is 405 g/mol. The molecule has 0 radical (unpaired) electrons. The zero-order chi connectivity index (χ0) is 20.2. The molecule has 0 saturated carbocycles. The summed E-state index contributed by atoms with van der Waals surface area (Å²) in [5.74, 6) is 1.46. The van der Waals surface area contributed by atoms with Gasteiger partial charge in [-0.05, 0) is 48.8 Å². The molecule has 4 nitrogen and oxygen atoms in total. The number of hydrogen-bond donors (Lipinski definition) is 0. The van der Waals surface area contributed by atoms with E-state index in [9.17, 15) is 0 Å². The standard InChI is InChI=1S/C21H31NO3SSi/c1-9-24-19-12-16(10-11-18(19)23-6)20-22-17(14-26-20)15(2)13-25-27(7,8)21(3,4)5/h10-12,14H,2,9,13H2,1,3-8H3. The zero-order valence-electron chi connectivity index (χ0n) is 17.5. The minimum Gasteiger partial charge on any atom is -0.493 e. The molecule has 0 fully saturated rings. The normalized spacial score (nSPS) is 12.1. The van der Waals surface area contributed by atoms with E-state index in [1.165, 1.54) is 0 Å². The molecule has 0 atom stereocenters. The molecule has 0 bridgehead atoms. The summed E-state index contributed by atoms with van der Waals surface area (Å²) >= 11 is 1.60. The van der Waals surface area contributed by atoms with Gasteiger partial charge in [-0.2, -0.15) is 0 Å². The highest BCUT2D eigenvalue weighted by molar-refractivity contribution is 7.13. The summed E-state index contributed by atoms with van der Waals surface area (Å²) < 4.78 is 17.3. The van der Waals surface area contributed by atoms with E-state index in [0.717, 1.165) is 33.3 Å². The van der Waals surface area contributed by atoms with Crippen LogP contribution in [0.4, 0.5) is 0 Å². The number of ether oxygens (including phenoxy) is 2. The highest BCUT2D eigenvalue weighted by Crippen LogP contribution is 2.38. The van der Waals surface area contributed by atoms with Gasteiger partial charge in [0, 0.05) is 10.9 Å². The summed E-state index contributed by atoms with van der Waals surface area (Å²) in [6.45, 7) is 18.5. The van der Waals surface area contributed by atoms with E-state index in [0.29, 0.717) is 13.2 Å². The Morgan fingerprint density at radius 1 is 1.22 bits per heavy atom. The van der Waals surface area contributed by atoms with E-state index >= 15 is 0 Å². The number of nitrogens with zero attached hydrogens (tertiary/aromatic N) is 1. The number of methoxy groups -OCH3 is 1. The topological polar surface area (TPSA) is 40.6 Å². The van der Waals surface area contributed by atoms with Crippen LogP contribution in [-0.4, -0.2) is 33.6 Å². The fourth-order valence-electron chi connectivity index (χ4n) is 2.20. The van der Waals surface area contributed by atoms with Gasteiger partial charge in [-0.1, -0.05) is 27.4 Å². The molecule has 1 heterocycles. The van der Waals surface area contributed by atoms with Crippen molar-refractivity contribution < 1.29 is 13.9 Å². The van der Waals surface area contributed by atoms with E-state index in [4.69, 9.17) is 18.9 Å². The van der Waals surface area contributed by atoms with E-state index in [1.54, 1.807) is 18.4 Å². The first-order valence-electron chi connectivity index (χ1n) is 9.18. The Morgan fingerprint density at radius 2 is 1.93 bits per heavy atom. The number of rotatable bonds is 8. The number of thiazole rings is 1. The van der Waals surface area contributed by atoms with Crippen LogP contribution in [0.25, 0.3) is 16.1 Å². The summed E-state index contributed by atoms with van der Waals surface area (Å²) in [6.07, 6.45) is 0. The highest BCUT2D eigenvalue weighted by Gasteiger charge is 2.37. The molecule has 27 heavy (non-hydrogen) atoms. The third kappa shape index (κ3) is 5.21. The lowest BCUT2D eigenvalue weighted by atomic mass is 10.2. The third-order valence-corrected chi connectivity index (χ3v) is 10.4. The van der Waals surface area contributed by atoms with Crippen LogP contribution >= 0.6 is 11.3 Å². The molecule has 148 valence electrons. The Balaban J connectivity index is 2.14. The molecule has 0 amide bonds. The Bertz CT molecular complexity index is 793. The van der Waals surface area contributed by atoms with Crippen molar-refractivity contribution in [1.29, 1.82) is 0 Å². The number of aromatic nitrogens is 1. The minimum atomic E-state index is -1.80. The summed E-state index contributed by atoms with van der Waals surface area (Å²) in [5.41, 5.74) is 2.82. The Labute approximate surface area is 168 Å². The van der Waals surface area contributed by atoms with Crippen molar-refractivity contribution in [2.24, 2.45) is 0 Å². The zero-order valence-corrected chi connectivity index (χ0v) is 19.3. The van der Waals surface area contributed by atoms with Crippen LogP contribution in [0.1, 0.15) is 33.4 Å². The largest absolute Gasteiger partial charge is 0.493 e. The van der Waals surface area contributed by atoms with Crippen molar-refractivity contribution in [2.45, 2.75) is 45.8 Å².